The average Bonchev–Trinajstić information content (AvgIpc) is 3.36. The lowest BCUT2D eigenvalue weighted by atomic mass is 10.1. The summed E-state index contributed by atoms with van der Waals surface area (Å²) in [7, 11) is 0. The Morgan fingerprint density at radius 1 is 0.829 bits per heavy atom. The summed E-state index contributed by atoms with van der Waals surface area (Å²) in [6.45, 7) is 5.02. The molecule has 0 unspecified atom stereocenters. The van der Waals surface area contributed by atoms with Crippen molar-refractivity contribution in [1.82, 2.24) is 24.8 Å². The third-order valence-corrected chi connectivity index (χ3v) is 6.83. The van der Waals surface area contributed by atoms with Crippen molar-refractivity contribution in [2.24, 2.45) is 0 Å². The molecule has 1 saturated heterocycles. The quantitative estimate of drug-likeness (QED) is 0.351. The highest BCUT2D eigenvalue weighted by atomic mass is 35.5. The van der Waals surface area contributed by atoms with Crippen LogP contribution in [0.15, 0.2) is 85.3 Å². The van der Waals surface area contributed by atoms with Gasteiger partial charge >= 0.3 is 0 Å². The van der Waals surface area contributed by atoms with Crippen LogP contribution in [0.1, 0.15) is 5.56 Å². The summed E-state index contributed by atoms with van der Waals surface area (Å²) >= 11 is 6.32. The van der Waals surface area contributed by atoms with Crippen molar-refractivity contribution in [3.05, 3.63) is 95.9 Å². The van der Waals surface area contributed by atoms with E-state index in [0.717, 1.165) is 66.4 Å². The lowest BCUT2D eigenvalue weighted by Crippen LogP contribution is -2.45. The molecule has 174 valence electrons. The first-order valence-electron chi connectivity index (χ1n) is 11.8. The Labute approximate surface area is 209 Å². The maximum absolute atomic E-state index is 6.32. The number of rotatable bonds is 5. The van der Waals surface area contributed by atoms with Gasteiger partial charge in [-0.1, -0.05) is 35.9 Å². The van der Waals surface area contributed by atoms with Crippen molar-refractivity contribution < 1.29 is 0 Å². The molecule has 7 heteroatoms. The normalized spacial score (nSPS) is 14.5. The fraction of sp³-hybridized carbons (Fsp3) is 0.179. The van der Waals surface area contributed by atoms with Crippen molar-refractivity contribution in [1.29, 1.82) is 0 Å². The molecule has 6 nitrogen and oxygen atoms in total. The van der Waals surface area contributed by atoms with E-state index in [1.165, 1.54) is 11.3 Å². The molecule has 2 aromatic carbocycles. The van der Waals surface area contributed by atoms with Gasteiger partial charge in [-0.3, -0.25) is 14.9 Å². The molecular formula is C28H25ClN6. The molecule has 5 aromatic rings. The molecule has 1 N–H and O–H groups in total. The number of hydrogen-bond acceptors (Lipinski definition) is 5. The maximum Gasteiger partial charge on any atom is 0.138 e. The van der Waals surface area contributed by atoms with E-state index in [1.807, 2.05) is 42.9 Å². The average molecular weight is 481 g/mol. The van der Waals surface area contributed by atoms with E-state index in [0.29, 0.717) is 5.02 Å². The molecule has 0 saturated carbocycles. The van der Waals surface area contributed by atoms with Crippen LogP contribution in [0, 0.1) is 0 Å². The summed E-state index contributed by atoms with van der Waals surface area (Å²) < 4.78 is 0. The Balaban J connectivity index is 1.18. The Morgan fingerprint density at radius 3 is 2.46 bits per heavy atom. The minimum Gasteiger partial charge on any atom is -0.369 e. The highest BCUT2D eigenvalue weighted by Gasteiger charge is 2.17. The van der Waals surface area contributed by atoms with Gasteiger partial charge < -0.3 is 9.88 Å². The van der Waals surface area contributed by atoms with Gasteiger partial charge in [0, 0.05) is 68.1 Å². The number of nitrogens with one attached hydrogen (secondary N) is 1. The van der Waals surface area contributed by atoms with Crippen LogP contribution < -0.4 is 4.90 Å². The number of imidazole rings is 1. The van der Waals surface area contributed by atoms with Crippen molar-refractivity contribution in [3.63, 3.8) is 0 Å². The number of anilines is 1. The number of pyridine rings is 2. The number of H-pyrrole nitrogens is 1. The summed E-state index contributed by atoms with van der Waals surface area (Å²) in [6, 6.07) is 22.6. The molecule has 0 aliphatic carbocycles. The summed E-state index contributed by atoms with van der Waals surface area (Å²) in [6.07, 6.45) is 5.63. The van der Waals surface area contributed by atoms with Gasteiger partial charge in [0.05, 0.1) is 16.2 Å². The molecule has 3 aromatic heterocycles. The van der Waals surface area contributed by atoms with Crippen LogP contribution in [0.5, 0.6) is 0 Å². The van der Waals surface area contributed by atoms with Crippen molar-refractivity contribution >= 4 is 28.3 Å². The molecule has 1 aliphatic heterocycles. The second-order valence-electron chi connectivity index (χ2n) is 8.82. The van der Waals surface area contributed by atoms with E-state index in [-0.39, 0.29) is 0 Å². The van der Waals surface area contributed by atoms with Crippen LogP contribution in [0.4, 0.5) is 5.69 Å². The second kappa shape index (κ2) is 9.49. The number of benzene rings is 2. The first-order valence-corrected chi connectivity index (χ1v) is 12.2. The number of aromatic amines is 1. The zero-order valence-electron chi connectivity index (χ0n) is 19.2. The van der Waals surface area contributed by atoms with Gasteiger partial charge in [0.1, 0.15) is 11.3 Å². The molecule has 6 rings (SSSR count). The number of halogens is 1. The third-order valence-electron chi connectivity index (χ3n) is 6.53. The number of piperazine rings is 1. The molecule has 0 spiro atoms. The van der Waals surface area contributed by atoms with Gasteiger partial charge in [0.2, 0.25) is 0 Å². The highest BCUT2D eigenvalue weighted by molar-refractivity contribution is 6.35. The maximum atomic E-state index is 6.32. The van der Waals surface area contributed by atoms with Gasteiger partial charge in [0.15, 0.2) is 0 Å². The Morgan fingerprint density at radius 2 is 1.63 bits per heavy atom. The van der Waals surface area contributed by atoms with Crippen LogP contribution in [0.2, 0.25) is 5.02 Å². The summed E-state index contributed by atoms with van der Waals surface area (Å²) in [5.74, 6) is 0.804. The van der Waals surface area contributed by atoms with Gasteiger partial charge in [-0.05, 0) is 48.0 Å². The van der Waals surface area contributed by atoms with Gasteiger partial charge in [-0.15, -0.1) is 0 Å². The Bertz CT molecular complexity index is 1460. The highest BCUT2D eigenvalue weighted by Crippen LogP contribution is 2.28. The number of fused-ring (bicyclic) bond motifs is 1. The zero-order chi connectivity index (χ0) is 23.6. The van der Waals surface area contributed by atoms with Gasteiger partial charge in [-0.2, -0.15) is 0 Å². The lowest BCUT2D eigenvalue weighted by molar-refractivity contribution is 0.250. The first-order chi connectivity index (χ1) is 17.2. The minimum atomic E-state index is 0.650. The van der Waals surface area contributed by atoms with Gasteiger partial charge in [-0.25, -0.2) is 4.98 Å². The summed E-state index contributed by atoms with van der Waals surface area (Å²) in [5.41, 5.74) is 7.29. The standard InChI is InChI=1S/C28H25ClN6/c29-24-5-2-6-25-27(24)33-28(32-25)22-4-1-3-21(18-22)26-17-20(7-12-31-26)19-34-13-15-35(16-14-34)23-8-10-30-11-9-23/h1-12,17-18H,13-16,19H2,(H,32,33). The predicted molar refractivity (Wildman–Crippen MR) is 141 cm³/mol. The summed E-state index contributed by atoms with van der Waals surface area (Å²) in [5, 5.41) is 0.650. The predicted octanol–water partition coefficient (Wildman–Crippen LogP) is 5.66. The number of hydrogen-bond donors (Lipinski definition) is 1. The smallest absolute Gasteiger partial charge is 0.138 e. The van der Waals surface area contributed by atoms with Crippen LogP contribution in [0.25, 0.3) is 33.7 Å². The molecular weight excluding hydrogens is 456 g/mol. The molecule has 35 heavy (non-hydrogen) atoms. The van der Waals surface area contributed by atoms with Crippen molar-refractivity contribution in [3.8, 4) is 22.6 Å². The van der Waals surface area contributed by atoms with Crippen LogP contribution in [0.3, 0.4) is 0 Å². The SMILES string of the molecule is Clc1cccc2[nH]c(-c3cccc(-c4cc(CN5CCN(c6ccncc6)CC5)ccn4)c3)nc12. The molecule has 0 atom stereocenters. The number of para-hydroxylation sites is 1. The van der Waals surface area contributed by atoms with Crippen LogP contribution >= 0.6 is 11.6 Å². The second-order valence-corrected chi connectivity index (χ2v) is 9.23. The largest absolute Gasteiger partial charge is 0.369 e. The lowest BCUT2D eigenvalue weighted by Gasteiger charge is -2.36. The fourth-order valence-electron chi connectivity index (χ4n) is 4.67. The third kappa shape index (κ3) is 4.63. The van der Waals surface area contributed by atoms with E-state index in [1.54, 1.807) is 0 Å². The Hall–Kier alpha value is -3.74. The van der Waals surface area contributed by atoms with Crippen LogP contribution in [-0.4, -0.2) is 51.0 Å². The minimum absolute atomic E-state index is 0.650. The topological polar surface area (TPSA) is 60.9 Å². The van der Waals surface area contributed by atoms with E-state index < -0.39 is 0 Å². The monoisotopic (exact) mass is 480 g/mol. The molecule has 0 bridgehead atoms. The molecule has 4 heterocycles. The van der Waals surface area contributed by atoms with E-state index >= 15 is 0 Å². The molecule has 1 aliphatic rings. The van der Waals surface area contributed by atoms with E-state index in [4.69, 9.17) is 16.6 Å². The molecule has 1 fully saturated rings. The van der Waals surface area contributed by atoms with Crippen molar-refractivity contribution in [2.75, 3.05) is 31.1 Å². The first kappa shape index (κ1) is 21.8. The van der Waals surface area contributed by atoms with E-state index in [9.17, 15) is 0 Å². The van der Waals surface area contributed by atoms with Crippen LogP contribution in [-0.2, 0) is 6.54 Å². The Kier molecular flexibility index (Phi) is 5.90. The fourth-order valence-corrected chi connectivity index (χ4v) is 4.88. The molecule has 0 amide bonds. The summed E-state index contributed by atoms with van der Waals surface area (Å²) in [4.78, 5) is 21.8. The van der Waals surface area contributed by atoms with Gasteiger partial charge in [0.25, 0.3) is 0 Å². The van der Waals surface area contributed by atoms with E-state index in [2.05, 4.69) is 67.2 Å². The number of aromatic nitrogens is 4. The molecule has 0 radical (unpaired) electrons. The number of nitrogens with zero attached hydrogens (tertiary/aromatic N) is 5. The van der Waals surface area contributed by atoms with Crippen molar-refractivity contribution in [2.45, 2.75) is 6.54 Å². The zero-order valence-corrected chi connectivity index (χ0v) is 20.0.